The summed E-state index contributed by atoms with van der Waals surface area (Å²) in [5.41, 5.74) is 1.96. The van der Waals surface area contributed by atoms with Crippen molar-refractivity contribution in [3.05, 3.63) is 47.8 Å². The van der Waals surface area contributed by atoms with E-state index in [1.165, 1.54) is 12.1 Å². The van der Waals surface area contributed by atoms with Gasteiger partial charge in [-0.2, -0.15) is 0 Å². The lowest BCUT2D eigenvalue weighted by atomic mass is 10.1. The monoisotopic (exact) mass is 265 g/mol. The first-order valence-corrected chi connectivity index (χ1v) is 6.82. The summed E-state index contributed by atoms with van der Waals surface area (Å²) in [7, 11) is 0. The fourth-order valence-electron chi connectivity index (χ4n) is 1.61. The second kappa shape index (κ2) is 8.09. The van der Waals surface area contributed by atoms with Crippen LogP contribution in [0.1, 0.15) is 44.0 Å². The van der Waals surface area contributed by atoms with Crippen molar-refractivity contribution in [3.63, 3.8) is 0 Å². The number of thiol groups is 1. The van der Waals surface area contributed by atoms with Crippen molar-refractivity contribution >= 4 is 18.3 Å². The Kier molecular flexibility index (Phi) is 6.73. The summed E-state index contributed by atoms with van der Waals surface area (Å²) in [4.78, 5) is 4.58. The predicted molar refractivity (Wildman–Crippen MR) is 79.9 cm³/mol. The van der Waals surface area contributed by atoms with Gasteiger partial charge in [-0.3, -0.25) is 4.99 Å². The maximum atomic E-state index is 12.8. The Balaban J connectivity index is 2.79. The topological polar surface area (TPSA) is 12.4 Å². The average molecular weight is 265 g/mol. The molecular formula is C15H20FNS. The van der Waals surface area contributed by atoms with Gasteiger partial charge in [0.25, 0.3) is 0 Å². The number of aliphatic imine (C=N–C) groups is 1. The Morgan fingerprint density at radius 1 is 1.39 bits per heavy atom. The Morgan fingerprint density at radius 3 is 2.61 bits per heavy atom. The van der Waals surface area contributed by atoms with E-state index in [1.54, 1.807) is 12.1 Å². The van der Waals surface area contributed by atoms with Crippen molar-refractivity contribution in [2.75, 3.05) is 0 Å². The molecule has 0 aliphatic rings. The lowest BCUT2D eigenvalue weighted by molar-refractivity contribution is 0.627. The molecule has 1 nitrogen and oxygen atoms in total. The first kappa shape index (κ1) is 15.0. The molecule has 1 aromatic rings. The van der Waals surface area contributed by atoms with E-state index in [0.29, 0.717) is 0 Å². The molecule has 1 rings (SSSR count). The Hall–Kier alpha value is -1.09. The van der Waals surface area contributed by atoms with E-state index in [2.05, 4.69) is 24.5 Å². The summed E-state index contributed by atoms with van der Waals surface area (Å²) in [6.45, 7) is 4.14. The minimum atomic E-state index is -0.233. The van der Waals surface area contributed by atoms with E-state index < -0.39 is 0 Å². The van der Waals surface area contributed by atoms with Gasteiger partial charge in [-0.15, -0.1) is 12.6 Å². The first-order chi connectivity index (χ1) is 8.67. The quantitative estimate of drug-likeness (QED) is 0.551. The third kappa shape index (κ3) is 5.05. The molecule has 0 aromatic heterocycles. The molecule has 0 bridgehead atoms. The summed E-state index contributed by atoms with van der Waals surface area (Å²) < 4.78 is 12.8. The summed E-state index contributed by atoms with van der Waals surface area (Å²) >= 11 is 4.46. The first-order valence-electron chi connectivity index (χ1n) is 6.30. The minimum absolute atomic E-state index is 0.228. The number of hydrogen-bond acceptors (Lipinski definition) is 2. The molecule has 0 amide bonds. The minimum Gasteiger partial charge on any atom is -0.271 e. The zero-order valence-electron chi connectivity index (χ0n) is 10.9. The van der Waals surface area contributed by atoms with Crippen molar-refractivity contribution in [3.8, 4) is 0 Å². The maximum absolute atomic E-state index is 12.8. The molecule has 1 aromatic carbocycles. The predicted octanol–water partition coefficient (Wildman–Crippen LogP) is 4.96. The smallest absolute Gasteiger partial charge is 0.123 e. The molecular weight excluding hydrogens is 245 g/mol. The molecule has 3 heteroatoms. The Bertz CT molecular complexity index is 409. The van der Waals surface area contributed by atoms with E-state index in [0.717, 1.165) is 30.5 Å². The van der Waals surface area contributed by atoms with Crippen molar-refractivity contribution in [1.82, 2.24) is 0 Å². The van der Waals surface area contributed by atoms with E-state index in [4.69, 9.17) is 0 Å². The van der Waals surface area contributed by atoms with Gasteiger partial charge in [-0.1, -0.05) is 31.6 Å². The molecule has 0 radical (unpaired) electrons. The van der Waals surface area contributed by atoms with Crippen LogP contribution in [0.4, 0.5) is 4.39 Å². The third-order valence-electron chi connectivity index (χ3n) is 2.60. The van der Waals surface area contributed by atoms with Gasteiger partial charge in [0.2, 0.25) is 0 Å². The second-order valence-corrected chi connectivity index (χ2v) is 4.64. The lowest BCUT2D eigenvalue weighted by Gasteiger charge is -2.08. The fraction of sp³-hybridized carbons (Fsp3) is 0.400. The highest BCUT2D eigenvalue weighted by Crippen LogP contribution is 2.22. The standard InChI is InChI=1S/C15H20FNS/c1-3-5-7-14(6-4-2)17-15(18)12-8-10-13(16)11-9-12/h4,6,8-11,15,18H,3,5,7H2,1-2H3/b6-4-,17-14+. The second-order valence-electron chi connectivity index (χ2n) is 4.15. The van der Waals surface area contributed by atoms with Crippen LogP contribution < -0.4 is 0 Å². The van der Waals surface area contributed by atoms with Crippen LogP contribution in [0.2, 0.25) is 0 Å². The molecule has 0 heterocycles. The molecule has 0 spiro atoms. The van der Waals surface area contributed by atoms with Crippen molar-refractivity contribution in [2.24, 2.45) is 4.99 Å². The Morgan fingerprint density at radius 2 is 2.06 bits per heavy atom. The molecule has 0 saturated heterocycles. The molecule has 1 atom stereocenters. The van der Waals surface area contributed by atoms with Crippen LogP contribution in [0.15, 0.2) is 41.4 Å². The number of nitrogens with zero attached hydrogens (tertiary/aromatic N) is 1. The highest BCUT2D eigenvalue weighted by molar-refractivity contribution is 7.80. The summed E-state index contributed by atoms with van der Waals surface area (Å²) in [5, 5.41) is -0.228. The van der Waals surface area contributed by atoms with Gasteiger partial charge in [0.15, 0.2) is 0 Å². The Labute approximate surface area is 114 Å². The number of halogens is 1. The fourth-order valence-corrected chi connectivity index (χ4v) is 1.93. The van der Waals surface area contributed by atoms with Gasteiger partial charge in [0.05, 0.1) is 0 Å². The highest BCUT2D eigenvalue weighted by Gasteiger charge is 2.05. The number of rotatable bonds is 6. The zero-order chi connectivity index (χ0) is 13.4. The van der Waals surface area contributed by atoms with Crippen LogP contribution in [0.25, 0.3) is 0 Å². The third-order valence-corrected chi connectivity index (χ3v) is 3.02. The van der Waals surface area contributed by atoms with Crippen molar-refractivity contribution in [1.29, 1.82) is 0 Å². The van der Waals surface area contributed by atoms with Crippen LogP contribution in [0.3, 0.4) is 0 Å². The van der Waals surface area contributed by atoms with Crippen LogP contribution in [0, 0.1) is 5.82 Å². The molecule has 0 fully saturated rings. The van der Waals surface area contributed by atoms with Gasteiger partial charge >= 0.3 is 0 Å². The molecule has 0 N–H and O–H groups in total. The average Bonchev–Trinajstić information content (AvgIpc) is 2.37. The van der Waals surface area contributed by atoms with Crippen LogP contribution in [-0.4, -0.2) is 5.71 Å². The SMILES string of the molecule is C/C=C\C(CCCC)=N/C(S)c1ccc(F)cc1. The van der Waals surface area contributed by atoms with Crippen LogP contribution >= 0.6 is 12.6 Å². The van der Waals surface area contributed by atoms with Gasteiger partial charge in [-0.05, 0) is 43.5 Å². The van der Waals surface area contributed by atoms with E-state index in [-0.39, 0.29) is 11.2 Å². The van der Waals surface area contributed by atoms with E-state index in [9.17, 15) is 4.39 Å². The summed E-state index contributed by atoms with van der Waals surface area (Å²) in [6, 6.07) is 6.33. The van der Waals surface area contributed by atoms with Gasteiger partial charge < -0.3 is 0 Å². The molecule has 1 unspecified atom stereocenters. The lowest BCUT2D eigenvalue weighted by Crippen LogP contribution is -1.97. The van der Waals surface area contributed by atoms with E-state index >= 15 is 0 Å². The normalized spacial score (nSPS) is 14.1. The highest BCUT2D eigenvalue weighted by atomic mass is 32.1. The van der Waals surface area contributed by atoms with Gasteiger partial charge in [0.1, 0.15) is 11.2 Å². The summed E-state index contributed by atoms with van der Waals surface area (Å²) in [6.07, 6.45) is 7.22. The van der Waals surface area contributed by atoms with Crippen LogP contribution in [0.5, 0.6) is 0 Å². The zero-order valence-corrected chi connectivity index (χ0v) is 11.8. The molecule has 0 aliphatic carbocycles. The summed E-state index contributed by atoms with van der Waals surface area (Å²) in [5.74, 6) is -0.233. The van der Waals surface area contributed by atoms with Crippen molar-refractivity contribution < 1.29 is 4.39 Å². The molecule has 18 heavy (non-hydrogen) atoms. The number of allylic oxidation sites excluding steroid dienone is 2. The van der Waals surface area contributed by atoms with Gasteiger partial charge in [0, 0.05) is 5.71 Å². The number of benzene rings is 1. The number of hydrogen-bond donors (Lipinski definition) is 1. The van der Waals surface area contributed by atoms with Crippen LogP contribution in [-0.2, 0) is 0 Å². The van der Waals surface area contributed by atoms with Crippen molar-refractivity contribution in [2.45, 2.75) is 38.5 Å². The molecule has 0 saturated carbocycles. The number of unbranched alkanes of at least 4 members (excludes halogenated alkanes) is 1. The maximum Gasteiger partial charge on any atom is 0.123 e. The van der Waals surface area contributed by atoms with E-state index in [1.807, 2.05) is 19.1 Å². The van der Waals surface area contributed by atoms with Gasteiger partial charge in [-0.25, -0.2) is 4.39 Å². The molecule has 0 aliphatic heterocycles. The molecule has 98 valence electrons. The largest absolute Gasteiger partial charge is 0.271 e.